The highest BCUT2D eigenvalue weighted by molar-refractivity contribution is 8.18. The topological polar surface area (TPSA) is 65.1 Å². The first-order chi connectivity index (χ1) is 17.8. The molecule has 0 spiro atoms. The predicted molar refractivity (Wildman–Crippen MR) is 143 cm³/mol. The van der Waals surface area contributed by atoms with Gasteiger partial charge in [0.05, 0.1) is 28.1 Å². The van der Waals surface area contributed by atoms with Gasteiger partial charge in [-0.15, -0.1) is 0 Å². The summed E-state index contributed by atoms with van der Waals surface area (Å²) in [5.74, 6) is 0.700. The minimum atomic E-state index is -0.407. The van der Waals surface area contributed by atoms with Crippen molar-refractivity contribution in [3.05, 3.63) is 92.6 Å². The Hall–Kier alpha value is -3.20. The molecule has 0 N–H and O–H groups in total. The van der Waals surface area contributed by atoms with E-state index >= 15 is 0 Å². The van der Waals surface area contributed by atoms with Crippen LogP contribution in [0.25, 0.3) is 6.08 Å². The Morgan fingerprint density at radius 2 is 1.70 bits per heavy atom. The van der Waals surface area contributed by atoms with Crippen LogP contribution in [0.3, 0.4) is 0 Å². The van der Waals surface area contributed by atoms with Gasteiger partial charge in [0.1, 0.15) is 24.8 Å². The zero-order valence-electron chi connectivity index (χ0n) is 19.7. The summed E-state index contributed by atoms with van der Waals surface area (Å²) in [4.78, 5) is 26.7. The number of hydrogen-bond donors (Lipinski definition) is 0. The molecule has 0 saturated carbocycles. The van der Waals surface area contributed by atoms with Gasteiger partial charge in [0.2, 0.25) is 0 Å². The maximum Gasteiger partial charge on any atom is 0.293 e. The fourth-order valence-corrected chi connectivity index (χ4v) is 4.61. The number of imide groups is 1. The van der Waals surface area contributed by atoms with Crippen LogP contribution in [0.4, 0.5) is 9.18 Å². The summed E-state index contributed by atoms with van der Waals surface area (Å²) >= 11 is 12.9. The molecule has 0 aliphatic carbocycles. The Morgan fingerprint density at radius 3 is 2.43 bits per heavy atom. The zero-order chi connectivity index (χ0) is 26.4. The lowest BCUT2D eigenvalue weighted by atomic mass is 10.1. The molecule has 1 aliphatic rings. The van der Waals surface area contributed by atoms with Crippen molar-refractivity contribution in [2.45, 2.75) is 13.5 Å². The molecule has 1 fully saturated rings. The standard InChI is InChI=1S/C27H22Cl2FNO5S/c1-2-34-24-14-17(4-10-23(24)36-16-18-3-9-21(28)22(29)13-18)15-25-26(32)31(27(33)37-25)11-12-35-20-7-5-19(30)6-8-20/h3-10,13-15H,2,11-12,16H2,1H3/b25-15-. The molecule has 0 atom stereocenters. The molecule has 4 rings (SSSR count). The molecule has 1 saturated heterocycles. The Kier molecular flexibility index (Phi) is 8.97. The van der Waals surface area contributed by atoms with Gasteiger partial charge < -0.3 is 14.2 Å². The molecule has 0 radical (unpaired) electrons. The first kappa shape index (κ1) is 26.9. The summed E-state index contributed by atoms with van der Waals surface area (Å²) in [5.41, 5.74) is 1.52. The number of carbonyl (C=O) groups excluding carboxylic acids is 2. The van der Waals surface area contributed by atoms with Gasteiger partial charge in [-0.3, -0.25) is 14.5 Å². The zero-order valence-corrected chi connectivity index (χ0v) is 22.0. The molecule has 192 valence electrons. The van der Waals surface area contributed by atoms with Crippen LogP contribution in [-0.2, 0) is 11.4 Å². The molecule has 1 heterocycles. The van der Waals surface area contributed by atoms with Crippen molar-refractivity contribution >= 4 is 52.2 Å². The Morgan fingerprint density at radius 1 is 0.919 bits per heavy atom. The Balaban J connectivity index is 1.41. The molecule has 3 aromatic carbocycles. The molecule has 0 bridgehead atoms. The van der Waals surface area contributed by atoms with E-state index in [0.717, 1.165) is 22.2 Å². The van der Waals surface area contributed by atoms with E-state index in [2.05, 4.69) is 0 Å². The Bertz CT molecular complexity index is 1330. The largest absolute Gasteiger partial charge is 0.492 e. The summed E-state index contributed by atoms with van der Waals surface area (Å²) in [6.07, 6.45) is 1.64. The second-order valence-corrected chi connectivity index (χ2v) is 9.62. The van der Waals surface area contributed by atoms with Crippen molar-refractivity contribution < 1.29 is 28.2 Å². The second kappa shape index (κ2) is 12.4. The number of rotatable bonds is 10. The predicted octanol–water partition coefficient (Wildman–Crippen LogP) is 7.23. The fraction of sp³-hybridized carbons (Fsp3) is 0.185. The lowest BCUT2D eigenvalue weighted by molar-refractivity contribution is -0.123. The van der Waals surface area contributed by atoms with Crippen LogP contribution in [0.5, 0.6) is 17.2 Å². The van der Waals surface area contributed by atoms with Gasteiger partial charge in [-0.25, -0.2) is 4.39 Å². The van der Waals surface area contributed by atoms with Gasteiger partial charge in [0.25, 0.3) is 11.1 Å². The van der Waals surface area contributed by atoms with Crippen LogP contribution < -0.4 is 14.2 Å². The highest BCUT2D eigenvalue weighted by Crippen LogP contribution is 2.35. The van der Waals surface area contributed by atoms with Crippen LogP contribution in [-0.4, -0.2) is 35.8 Å². The van der Waals surface area contributed by atoms with Crippen molar-refractivity contribution in [2.24, 2.45) is 0 Å². The highest BCUT2D eigenvalue weighted by atomic mass is 35.5. The lowest BCUT2D eigenvalue weighted by Gasteiger charge is -2.14. The summed E-state index contributed by atoms with van der Waals surface area (Å²) in [7, 11) is 0. The SMILES string of the molecule is CCOc1cc(/C=C2\SC(=O)N(CCOc3ccc(F)cc3)C2=O)ccc1OCc1ccc(Cl)c(Cl)c1. The average Bonchev–Trinajstić information content (AvgIpc) is 3.14. The molecular formula is C27H22Cl2FNO5S. The lowest BCUT2D eigenvalue weighted by Crippen LogP contribution is -2.32. The number of carbonyl (C=O) groups is 2. The van der Waals surface area contributed by atoms with Crippen LogP contribution in [0.2, 0.25) is 10.0 Å². The third-order valence-corrected chi connectivity index (χ3v) is 6.86. The molecule has 10 heteroatoms. The smallest absolute Gasteiger partial charge is 0.293 e. The van der Waals surface area contributed by atoms with Crippen molar-refractivity contribution in [3.8, 4) is 17.2 Å². The number of benzene rings is 3. The number of hydrogen-bond acceptors (Lipinski definition) is 6. The third kappa shape index (κ3) is 6.97. The van der Waals surface area contributed by atoms with Gasteiger partial charge in [0, 0.05) is 0 Å². The summed E-state index contributed by atoms with van der Waals surface area (Å²) in [6.45, 7) is 2.70. The molecule has 6 nitrogen and oxygen atoms in total. The van der Waals surface area contributed by atoms with E-state index < -0.39 is 5.91 Å². The minimum absolute atomic E-state index is 0.0745. The van der Waals surface area contributed by atoms with E-state index in [9.17, 15) is 14.0 Å². The third-order valence-electron chi connectivity index (χ3n) is 5.21. The molecule has 37 heavy (non-hydrogen) atoms. The van der Waals surface area contributed by atoms with Crippen LogP contribution in [0.15, 0.2) is 65.6 Å². The highest BCUT2D eigenvalue weighted by Gasteiger charge is 2.34. The quantitative estimate of drug-likeness (QED) is 0.243. The number of amides is 2. The maximum atomic E-state index is 13.0. The van der Waals surface area contributed by atoms with Gasteiger partial charge in [-0.1, -0.05) is 35.3 Å². The number of halogens is 3. The van der Waals surface area contributed by atoms with Crippen LogP contribution in [0, 0.1) is 5.82 Å². The first-order valence-corrected chi connectivity index (χ1v) is 12.9. The fourth-order valence-electron chi connectivity index (χ4n) is 3.42. The van der Waals surface area contributed by atoms with E-state index in [-0.39, 0.29) is 30.8 Å². The first-order valence-electron chi connectivity index (χ1n) is 11.3. The molecule has 3 aromatic rings. The van der Waals surface area contributed by atoms with Gasteiger partial charge in [-0.05, 0) is 84.4 Å². The molecular weight excluding hydrogens is 540 g/mol. The van der Waals surface area contributed by atoms with Crippen LogP contribution >= 0.6 is 35.0 Å². The monoisotopic (exact) mass is 561 g/mol. The van der Waals surface area contributed by atoms with Gasteiger partial charge >= 0.3 is 0 Å². The van der Waals surface area contributed by atoms with Gasteiger partial charge in [0.15, 0.2) is 11.5 Å². The van der Waals surface area contributed by atoms with E-state index in [4.69, 9.17) is 37.4 Å². The van der Waals surface area contributed by atoms with Crippen LogP contribution in [0.1, 0.15) is 18.1 Å². The number of nitrogens with zero attached hydrogens (tertiary/aromatic N) is 1. The van der Waals surface area contributed by atoms with E-state index in [1.165, 1.54) is 24.3 Å². The van der Waals surface area contributed by atoms with E-state index in [0.29, 0.717) is 44.4 Å². The molecule has 0 aromatic heterocycles. The molecule has 1 aliphatic heterocycles. The minimum Gasteiger partial charge on any atom is -0.492 e. The number of thioether (sulfide) groups is 1. The van der Waals surface area contributed by atoms with Gasteiger partial charge in [-0.2, -0.15) is 0 Å². The normalized spacial score (nSPS) is 14.4. The van der Waals surface area contributed by atoms with Crippen molar-refractivity contribution in [1.29, 1.82) is 0 Å². The number of ether oxygens (including phenoxy) is 3. The average molecular weight is 562 g/mol. The molecule has 2 amide bonds. The van der Waals surface area contributed by atoms with Crippen molar-refractivity contribution in [2.75, 3.05) is 19.8 Å². The summed E-state index contributed by atoms with van der Waals surface area (Å²) in [5, 5.41) is 0.527. The van der Waals surface area contributed by atoms with E-state index in [1.807, 2.05) is 13.0 Å². The molecule has 0 unspecified atom stereocenters. The second-order valence-electron chi connectivity index (χ2n) is 7.81. The Labute approximate surface area is 227 Å². The van der Waals surface area contributed by atoms with Crippen molar-refractivity contribution in [1.82, 2.24) is 4.90 Å². The summed E-state index contributed by atoms with van der Waals surface area (Å²) < 4.78 is 30.2. The maximum absolute atomic E-state index is 13.0. The van der Waals surface area contributed by atoms with Crippen molar-refractivity contribution in [3.63, 3.8) is 0 Å². The van der Waals surface area contributed by atoms with E-state index in [1.54, 1.807) is 36.4 Å². The summed E-state index contributed by atoms with van der Waals surface area (Å²) in [6, 6.07) is 16.1.